The van der Waals surface area contributed by atoms with Crippen LogP contribution in [0.15, 0.2) is 0 Å². The number of hydrogen-bond donors (Lipinski definition) is 1. The second kappa shape index (κ2) is 7.80. The van der Waals surface area contributed by atoms with Crippen LogP contribution in [0, 0.1) is 0 Å². The molecule has 56 valence electrons. The Morgan fingerprint density at radius 1 is 1.44 bits per heavy atom. The molecule has 0 heterocycles. The lowest BCUT2D eigenvalue weighted by atomic mass is 10.5. The first kappa shape index (κ1) is 8.80. The van der Waals surface area contributed by atoms with Crippen molar-refractivity contribution in [2.24, 2.45) is 5.90 Å². The lowest BCUT2D eigenvalue weighted by Gasteiger charge is -2.17. The molecule has 0 radical (unpaired) electrons. The third kappa shape index (κ3) is 7.80. The van der Waals surface area contributed by atoms with Crippen molar-refractivity contribution in [2.75, 3.05) is 20.3 Å². The molecule has 0 aliphatic rings. The monoisotopic (exact) mass is 135 g/mol. The number of hydrogen-bond acceptors (Lipinski definition) is 4. The van der Waals surface area contributed by atoms with Gasteiger partial charge in [0.2, 0.25) is 0 Å². The molecule has 5 nitrogen and oxygen atoms in total. The van der Waals surface area contributed by atoms with E-state index in [-0.39, 0.29) is 0 Å². The average Bonchev–Trinajstić information content (AvgIpc) is 1.89. The summed E-state index contributed by atoms with van der Waals surface area (Å²) in [5, 5.41) is 0. The first-order valence-corrected chi connectivity index (χ1v) is 2.59. The van der Waals surface area contributed by atoms with Gasteiger partial charge in [-0.1, -0.05) is 0 Å². The van der Waals surface area contributed by atoms with Gasteiger partial charge in [0.1, 0.15) is 0 Å². The van der Waals surface area contributed by atoms with Crippen LogP contribution in [-0.4, -0.2) is 20.3 Å². The zero-order valence-corrected chi connectivity index (χ0v) is 5.37. The summed E-state index contributed by atoms with van der Waals surface area (Å²) in [5.74, 6) is 4.73. The minimum absolute atomic E-state index is 0.463. The highest BCUT2D eigenvalue weighted by atomic mass is 16.9. The van der Waals surface area contributed by atoms with Crippen LogP contribution < -0.4 is 5.90 Å². The Balaban J connectivity index is 2.60. The van der Waals surface area contributed by atoms with Crippen molar-refractivity contribution in [1.82, 2.24) is 0 Å². The van der Waals surface area contributed by atoms with E-state index in [9.17, 15) is 0 Å². The third-order valence-corrected chi connectivity index (χ3v) is 0.625. The lowest BCUT2D eigenvalue weighted by Crippen LogP contribution is -2.03. The standard InChI is InChI=1S/C4H11N2O3/c1-7-6-9-4-2-3-8-5/h2-5H2,1H3/q-1. The highest BCUT2D eigenvalue weighted by molar-refractivity contribution is 4.35. The minimum atomic E-state index is 0.463. The second-order valence-electron chi connectivity index (χ2n) is 1.31. The van der Waals surface area contributed by atoms with E-state index in [1.807, 2.05) is 0 Å². The molecule has 9 heavy (non-hydrogen) atoms. The van der Waals surface area contributed by atoms with Gasteiger partial charge >= 0.3 is 0 Å². The van der Waals surface area contributed by atoms with Gasteiger partial charge in [0.25, 0.3) is 0 Å². The van der Waals surface area contributed by atoms with Crippen molar-refractivity contribution >= 4 is 0 Å². The zero-order chi connectivity index (χ0) is 6.95. The maximum Gasteiger partial charge on any atom is 0.0700 e. The molecule has 0 saturated heterocycles. The fourth-order valence-corrected chi connectivity index (χ4v) is 0.297. The Labute approximate surface area is 53.9 Å². The molecule has 0 atom stereocenters. The maximum absolute atomic E-state index is 4.73. The van der Waals surface area contributed by atoms with Gasteiger partial charge in [0.05, 0.1) is 6.61 Å². The van der Waals surface area contributed by atoms with E-state index in [1.165, 1.54) is 7.11 Å². The molecular weight excluding hydrogens is 124 g/mol. The first-order valence-electron chi connectivity index (χ1n) is 2.59. The first-order chi connectivity index (χ1) is 4.41. The molecule has 0 amide bonds. The van der Waals surface area contributed by atoms with Gasteiger partial charge in [-0.25, -0.2) is 5.90 Å². The summed E-state index contributed by atoms with van der Waals surface area (Å²) in [4.78, 5) is 13.1. The van der Waals surface area contributed by atoms with E-state index in [0.29, 0.717) is 19.6 Å². The summed E-state index contributed by atoms with van der Waals surface area (Å²) in [6, 6.07) is 0. The maximum atomic E-state index is 4.73. The highest BCUT2D eigenvalue weighted by Gasteiger charge is 1.79. The summed E-state index contributed by atoms with van der Waals surface area (Å²) in [6.45, 7) is 0.935. The Morgan fingerprint density at radius 3 is 2.78 bits per heavy atom. The molecule has 0 saturated carbocycles. The number of nitrogens with zero attached hydrogens (tertiary/aromatic N) is 1. The Hall–Kier alpha value is -0.200. The van der Waals surface area contributed by atoms with E-state index in [4.69, 9.17) is 5.90 Å². The fraction of sp³-hybridized carbons (Fsp3) is 1.00. The van der Waals surface area contributed by atoms with Gasteiger partial charge in [-0.3, -0.25) is 0 Å². The quantitative estimate of drug-likeness (QED) is 0.415. The summed E-state index contributed by atoms with van der Waals surface area (Å²) in [7, 11) is 1.42. The molecule has 0 aromatic rings. The minimum Gasteiger partial charge on any atom is -0.465 e. The predicted octanol–water partition coefficient (Wildman–Crippen LogP) is 0.134. The van der Waals surface area contributed by atoms with E-state index in [2.05, 4.69) is 20.2 Å². The van der Waals surface area contributed by atoms with Gasteiger partial charge in [0, 0.05) is 13.7 Å². The Kier molecular flexibility index (Phi) is 7.63. The summed E-state index contributed by atoms with van der Waals surface area (Å²) >= 11 is 0. The molecule has 0 unspecified atom stereocenters. The molecule has 0 rings (SSSR count). The molecule has 2 N–H and O–H groups in total. The van der Waals surface area contributed by atoms with Crippen LogP contribution in [0.4, 0.5) is 0 Å². The van der Waals surface area contributed by atoms with Crippen LogP contribution in [0.5, 0.6) is 0 Å². The van der Waals surface area contributed by atoms with Crippen LogP contribution in [0.2, 0.25) is 0 Å². The predicted molar refractivity (Wildman–Crippen MR) is 31.1 cm³/mol. The van der Waals surface area contributed by atoms with E-state index >= 15 is 0 Å². The molecule has 0 spiro atoms. The smallest absolute Gasteiger partial charge is 0.0700 e. The van der Waals surface area contributed by atoms with Crippen LogP contribution in [0.25, 0.3) is 5.64 Å². The summed E-state index contributed by atoms with van der Waals surface area (Å²) < 4.78 is 0. The van der Waals surface area contributed by atoms with Crippen LogP contribution in [-0.2, 0) is 14.5 Å². The summed E-state index contributed by atoms with van der Waals surface area (Å²) in [5.41, 5.74) is 3.15. The molecule has 0 aromatic heterocycles. The number of nitrogens with two attached hydrogens (primary N) is 1. The lowest BCUT2D eigenvalue weighted by molar-refractivity contribution is 0.0452. The Morgan fingerprint density at radius 2 is 2.22 bits per heavy atom. The van der Waals surface area contributed by atoms with Gasteiger partial charge < -0.3 is 20.2 Å². The second-order valence-corrected chi connectivity index (χ2v) is 1.31. The van der Waals surface area contributed by atoms with Gasteiger partial charge in [0.15, 0.2) is 0 Å². The van der Waals surface area contributed by atoms with E-state index < -0.39 is 0 Å². The van der Waals surface area contributed by atoms with E-state index in [0.717, 1.165) is 0 Å². The van der Waals surface area contributed by atoms with Gasteiger partial charge in [-0.05, 0) is 6.42 Å². The number of rotatable bonds is 6. The van der Waals surface area contributed by atoms with Gasteiger partial charge in [-0.2, -0.15) is 0 Å². The van der Waals surface area contributed by atoms with E-state index in [1.54, 1.807) is 0 Å². The zero-order valence-electron chi connectivity index (χ0n) is 5.37. The molecule has 0 aliphatic carbocycles. The van der Waals surface area contributed by atoms with Crippen molar-refractivity contribution in [3.8, 4) is 0 Å². The van der Waals surface area contributed by atoms with Crippen molar-refractivity contribution in [1.29, 1.82) is 0 Å². The van der Waals surface area contributed by atoms with Crippen molar-refractivity contribution in [3.05, 3.63) is 5.64 Å². The van der Waals surface area contributed by atoms with Crippen molar-refractivity contribution in [3.63, 3.8) is 0 Å². The van der Waals surface area contributed by atoms with Crippen molar-refractivity contribution in [2.45, 2.75) is 6.42 Å². The Bertz CT molecular complexity index is 47.1. The largest absolute Gasteiger partial charge is 0.465 e. The molecular formula is C4H11N2O3-. The molecule has 0 fully saturated rings. The molecule has 0 bridgehead atoms. The van der Waals surface area contributed by atoms with Crippen LogP contribution >= 0.6 is 0 Å². The third-order valence-electron chi connectivity index (χ3n) is 0.625. The van der Waals surface area contributed by atoms with Crippen molar-refractivity contribution < 1.29 is 14.5 Å². The SMILES string of the molecule is CO[N-]OCCCON. The topological polar surface area (TPSA) is 67.8 Å². The normalized spacial score (nSPS) is 10.0. The molecule has 0 aliphatic heterocycles. The molecule has 0 aromatic carbocycles. The fourth-order valence-electron chi connectivity index (χ4n) is 0.297. The average molecular weight is 135 g/mol. The molecule has 5 heteroatoms. The summed E-state index contributed by atoms with van der Waals surface area (Å²) in [6.07, 6.45) is 0.712. The van der Waals surface area contributed by atoms with Gasteiger partial charge in [-0.15, -0.1) is 0 Å². The highest BCUT2D eigenvalue weighted by Crippen LogP contribution is 1.89. The van der Waals surface area contributed by atoms with Crippen LogP contribution in [0.1, 0.15) is 6.42 Å². The van der Waals surface area contributed by atoms with Crippen LogP contribution in [0.3, 0.4) is 0 Å².